The van der Waals surface area contributed by atoms with Crippen molar-refractivity contribution in [3.8, 4) is 23.3 Å². The van der Waals surface area contributed by atoms with Gasteiger partial charge in [-0.1, -0.05) is 45.6 Å². The van der Waals surface area contributed by atoms with Crippen LogP contribution in [0.25, 0.3) is 0 Å². The van der Waals surface area contributed by atoms with Gasteiger partial charge < -0.3 is 14.8 Å². The third kappa shape index (κ3) is 7.72. The molecule has 0 saturated heterocycles. The van der Waals surface area contributed by atoms with Crippen LogP contribution in [0, 0.1) is 17.8 Å². The maximum atomic E-state index is 13.0. The minimum atomic E-state index is -3.50. The van der Waals surface area contributed by atoms with E-state index in [0.717, 1.165) is 43.9 Å². The highest BCUT2D eigenvalue weighted by atomic mass is 32.2. The second-order valence-corrected chi connectivity index (χ2v) is 10.3. The summed E-state index contributed by atoms with van der Waals surface area (Å²) in [5.41, 5.74) is 1.07. The molecule has 1 aromatic rings. The Hall–Kier alpha value is -2.24. The maximum absolute atomic E-state index is 13.0. The van der Waals surface area contributed by atoms with Crippen molar-refractivity contribution in [2.24, 2.45) is 5.92 Å². The zero-order valence-electron chi connectivity index (χ0n) is 19.7. The van der Waals surface area contributed by atoms with Gasteiger partial charge in [0.1, 0.15) is 12.6 Å². The van der Waals surface area contributed by atoms with Crippen molar-refractivity contribution in [3.05, 3.63) is 23.8 Å². The number of methoxy groups -OCH3 is 1. The Bertz CT molecular complexity index is 933. The molecule has 0 aromatic heterocycles. The first kappa shape index (κ1) is 26.0. The normalized spacial score (nSPS) is 19.6. The fourth-order valence-corrected chi connectivity index (χ4v) is 4.86. The molecule has 0 spiro atoms. The van der Waals surface area contributed by atoms with Crippen LogP contribution in [-0.2, 0) is 14.8 Å². The van der Waals surface area contributed by atoms with Crippen LogP contribution in [0.5, 0.6) is 11.5 Å². The van der Waals surface area contributed by atoms with Gasteiger partial charge in [-0.15, -0.1) is 5.92 Å². The summed E-state index contributed by atoms with van der Waals surface area (Å²) in [6.45, 7) is 5.95. The average Bonchev–Trinajstić information content (AvgIpc) is 2.74. The molecule has 3 atom stereocenters. The van der Waals surface area contributed by atoms with E-state index in [9.17, 15) is 13.2 Å². The lowest BCUT2D eigenvalue weighted by atomic mass is 9.79. The number of hydrogen-bond donors (Lipinski definition) is 2. The molecule has 0 aliphatic heterocycles. The van der Waals surface area contributed by atoms with Crippen LogP contribution in [-0.4, -0.2) is 46.4 Å². The van der Waals surface area contributed by atoms with Crippen LogP contribution in [0.1, 0.15) is 64.4 Å². The molecular formula is C24H36N2O5S. The second-order valence-electron chi connectivity index (χ2n) is 8.52. The van der Waals surface area contributed by atoms with Gasteiger partial charge in [0.15, 0.2) is 11.5 Å². The summed E-state index contributed by atoms with van der Waals surface area (Å²) in [4.78, 5) is 13.0. The number of carbonyl (C=O) groups excluding carboxylic acids is 1. The fourth-order valence-electron chi connectivity index (χ4n) is 4.02. The Morgan fingerprint density at radius 1 is 1.19 bits per heavy atom. The summed E-state index contributed by atoms with van der Waals surface area (Å²) in [6.07, 6.45) is 5.71. The zero-order valence-corrected chi connectivity index (χ0v) is 20.6. The molecule has 1 aliphatic rings. The van der Waals surface area contributed by atoms with Crippen LogP contribution in [0.2, 0.25) is 0 Å². The smallest absolute Gasteiger partial charge is 0.238 e. The van der Waals surface area contributed by atoms with E-state index >= 15 is 0 Å². The minimum Gasteiger partial charge on any atom is -0.493 e. The Kier molecular flexibility index (Phi) is 9.85. The number of ether oxygens (including phenoxy) is 2. The predicted molar refractivity (Wildman–Crippen MR) is 126 cm³/mol. The quantitative estimate of drug-likeness (QED) is 0.548. The van der Waals surface area contributed by atoms with Gasteiger partial charge in [0.25, 0.3) is 0 Å². The largest absolute Gasteiger partial charge is 0.493 e. The molecule has 1 amide bonds. The first-order chi connectivity index (χ1) is 15.2. The van der Waals surface area contributed by atoms with Crippen LogP contribution >= 0.6 is 0 Å². The van der Waals surface area contributed by atoms with E-state index in [-0.39, 0.29) is 23.8 Å². The molecular weight excluding hydrogens is 428 g/mol. The van der Waals surface area contributed by atoms with Gasteiger partial charge in [-0.2, -0.15) is 0 Å². The molecule has 0 radical (unpaired) electrons. The number of hydrogen-bond acceptors (Lipinski definition) is 5. The lowest BCUT2D eigenvalue weighted by Crippen LogP contribution is -2.53. The standard InChI is InChI=1S/C24H36N2O5S/c1-6-7-10-15-31-21-14-13-18(16-22(21)30-4)19-11-8-9-12-20(19)25-24(27)23(17(2)3)26-32(5,28)29/h13-14,16-17,19-20,23,26H,6,8-9,11-12,15H2,1-5H3,(H,25,27)/t19?,20?,23-/m0/s1. The van der Waals surface area contributed by atoms with Crippen molar-refractivity contribution >= 4 is 15.9 Å². The molecule has 0 bridgehead atoms. The van der Waals surface area contributed by atoms with E-state index < -0.39 is 16.1 Å². The lowest BCUT2D eigenvalue weighted by Gasteiger charge is -2.34. The minimum absolute atomic E-state index is 0.0780. The highest BCUT2D eigenvalue weighted by Gasteiger charge is 2.32. The van der Waals surface area contributed by atoms with E-state index in [0.29, 0.717) is 18.1 Å². The van der Waals surface area contributed by atoms with Gasteiger partial charge in [0.2, 0.25) is 15.9 Å². The summed E-state index contributed by atoms with van der Waals surface area (Å²) in [5, 5.41) is 3.12. The van der Waals surface area contributed by atoms with Crippen molar-refractivity contribution in [2.75, 3.05) is 20.0 Å². The Balaban J connectivity index is 2.19. The van der Waals surface area contributed by atoms with Crippen LogP contribution in [0.3, 0.4) is 0 Å². The number of carbonyl (C=O) groups is 1. The van der Waals surface area contributed by atoms with Crippen molar-refractivity contribution < 1.29 is 22.7 Å². The molecule has 1 fully saturated rings. The van der Waals surface area contributed by atoms with E-state index in [4.69, 9.17) is 9.47 Å². The van der Waals surface area contributed by atoms with E-state index in [2.05, 4.69) is 21.9 Å². The van der Waals surface area contributed by atoms with E-state index in [1.54, 1.807) is 7.11 Å². The highest BCUT2D eigenvalue weighted by Crippen LogP contribution is 2.37. The monoisotopic (exact) mass is 464 g/mol. The fraction of sp³-hybridized carbons (Fsp3) is 0.625. The summed E-state index contributed by atoms with van der Waals surface area (Å²) in [6, 6.07) is 4.98. The van der Waals surface area contributed by atoms with Crippen LogP contribution in [0.4, 0.5) is 0 Å². The van der Waals surface area contributed by atoms with Gasteiger partial charge in [-0.3, -0.25) is 4.79 Å². The first-order valence-electron chi connectivity index (χ1n) is 11.2. The molecule has 2 unspecified atom stereocenters. The van der Waals surface area contributed by atoms with Crippen molar-refractivity contribution in [3.63, 3.8) is 0 Å². The molecule has 0 heterocycles. The zero-order chi connectivity index (χ0) is 23.7. The van der Waals surface area contributed by atoms with Crippen molar-refractivity contribution in [1.29, 1.82) is 0 Å². The van der Waals surface area contributed by atoms with E-state index in [1.165, 1.54) is 0 Å². The Labute approximate surface area is 192 Å². The Morgan fingerprint density at radius 2 is 1.91 bits per heavy atom. The number of nitrogens with one attached hydrogen (secondary N) is 2. The summed E-state index contributed by atoms with van der Waals surface area (Å²) in [7, 11) is -1.89. The number of benzene rings is 1. The molecule has 178 valence electrons. The molecule has 1 aromatic carbocycles. The third-order valence-corrected chi connectivity index (χ3v) is 6.28. The first-order valence-corrected chi connectivity index (χ1v) is 13.1. The van der Waals surface area contributed by atoms with Gasteiger partial charge in [-0.05, 0) is 36.5 Å². The highest BCUT2D eigenvalue weighted by molar-refractivity contribution is 7.88. The molecule has 1 aliphatic carbocycles. The molecule has 7 nitrogen and oxygen atoms in total. The van der Waals surface area contributed by atoms with Crippen LogP contribution in [0.15, 0.2) is 18.2 Å². The summed E-state index contributed by atoms with van der Waals surface area (Å²) in [5.74, 6) is 6.85. The number of amides is 1. The van der Waals surface area contributed by atoms with Gasteiger partial charge >= 0.3 is 0 Å². The van der Waals surface area contributed by atoms with Gasteiger partial charge in [0.05, 0.1) is 13.4 Å². The van der Waals surface area contributed by atoms with Gasteiger partial charge in [0, 0.05) is 18.4 Å². The van der Waals surface area contributed by atoms with Crippen LogP contribution < -0.4 is 19.5 Å². The molecule has 1 saturated carbocycles. The van der Waals surface area contributed by atoms with Crippen molar-refractivity contribution in [1.82, 2.24) is 10.0 Å². The molecule has 8 heteroatoms. The Morgan fingerprint density at radius 3 is 2.53 bits per heavy atom. The van der Waals surface area contributed by atoms with E-state index in [1.807, 2.05) is 39.0 Å². The maximum Gasteiger partial charge on any atom is 0.238 e. The predicted octanol–water partition coefficient (Wildman–Crippen LogP) is 3.20. The van der Waals surface area contributed by atoms with Crippen molar-refractivity contribution in [2.45, 2.75) is 70.9 Å². The summed E-state index contributed by atoms with van der Waals surface area (Å²) < 4.78 is 37.2. The lowest BCUT2D eigenvalue weighted by molar-refractivity contribution is -0.124. The van der Waals surface area contributed by atoms with Gasteiger partial charge in [-0.25, -0.2) is 13.1 Å². The SMILES string of the molecule is CCC#CCOc1ccc(C2CCCCC2NC(=O)[C@@H](NS(C)(=O)=O)C(C)C)cc1OC. The topological polar surface area (TPSA) is 93.7 Å². The molecule has 2 rings (SSSR count). The average molecular weight is 465 g/mol. The second kappa shape index (κ2) is 12.1. The molecule has 2 N–H and O–H groups in total. The number of sulfonamides is 1. The summed E-state index contributed by atoms with van der Waals surface area (Å²) >= 11 is 0. The third-order valence-electron chi connectivity index (χ3n) is 5.60. The number of rotatable bonds is 9. The molecule has 32 heavy (non-hydrogen) atoms.